The molecule has 1 aromatic carbocycles. The van der Waals surface area contributed by atoms with E-state index in [4.69, 9.17) is 10.5 Å². The Labute approximate surface area is 104 Å². The third-order valence-electron chi connectivity index (χ3n) is 3.39. The van der Waals surface area contributed by atoms with Crippen LogP contribution in [0.3, 0.4) is 0 Å². The van der Waals surface area contributed by atoms with Crippen molar-refractivity contribution in [2.45, 2.75) is 13.5 Å². The van der Waals surface area contributed by atoms with E-state index in [1.807, 2.05) is 0 Å². The molecule has 0 atom stereocenters. The number of aryl methyl sites for hydroxylation is 1. The topological polar surface area (TPSA) is 38.5 Å². The summed E-state index contributed by atoms with van der Waals surface area (Å²) in [6, 6.07) is 8.66. The summed E-state index contributed by atoms with van der Waals surface area (Å²) in [6.45, 7) is 6.44. The van der Waals surface area contributed by atoms with E-state index in [0.717, 1.165) is 26.3 Å². The molecule has 1 fully saturated rings. The summed E-state index contributed by atoms with van der Waals surface area (Å²) in [4.78, 5) is 2.34. The van der Waals surface area contributed by atoms with Gasteiger partial charge >= 0.3 is 0 Å². The van der Waals surface area contributed by atoms with Crippen LogP contribution < -0.4 is 5.73 Å². The first-order valence-corrected chi connectivity index (χ1v) is 6.15. The number of hydrogen-bond donors (Lipinski definition) is 1. The van der Waals surface area contributed by atoms with Crippen LogP contribution in [0.15, 0.2) is 24.3 Å². The van der Waals surface area contributed by atoms with Gasteiger partial charge in [0.25, 0.3) is 0 Å². The summed E-state index contributed by atoms with van der Waals surface area (Å²) in [7, 11) is 2.15. The SMILES string of the molecule is Cc1cccc(CN(C)CC2(CN)COC2)c1. The second kappa shape index (κ2) is 5.17. The van der Waals surface area contributed by atoms with Gasteiger partial charge in [-0.15, -0.1) is 0 Å². The summed E-state index contributed by atoms with van der Waals surface area (Å²) in [5.74, 6) is 0. The Morgan fingerprint density at radius 2 is 2.18 bits per heavy atom. The zero-order valence-electron chi connectivity index (χ0n) is 10.8. The summed E-state index contributed by atoms with van der Waals surface area (Å²) in [5, 5.41) is 0. The van der Waals surface area contributed by atoms with Gasteiger partial charge in [-0.2, -0.15) is 0 Å². The molecule has 2 N–H and O–H groups in total. The Hall–Kier alpha value is -0.900. The van der Waals surface area contributed by atoms with Crippen molar-refractivity contribution in [2.75, 3.05) is 33.4 Å². The lowest BCUT2D eigenvalue weighted by Crippen LogP contribution is -2.54. The quantitative estimate of drug-likeness (QED) is 0.837. The van der Waals surface area contributed by atoms with Crippen LogP contribution in [-0.2, 0) is 11.3 Å². The largest absolute Gasteiger partial charge is 0.380 e. The summed E-state index contributed by atoms with van der Waals surface area (Å²) in [5.41, 5.74) is 8.70. The van der Waals surface area contributed by atoms with Crippen LogP contribution in [-0.4, -0.2) is 38.3 Å². The van der Waals surface area contributed by atoms with E-state index < -0.39 is 0 Å². The highest BCUT2D eigenvalue weighted by molar-refractivity contribution is 5.22. The molecule has 2 rings (SSSR count). The number of nitrogens with zero attached hydrogens (tertiary/aromatic N) is 1. The van der Waals surface area contributed by atoms with E-state index in [0.29, 0.717) is 6.54 Å². The standard InChI is InChI=1S/C14H22N2O/c1-12-4-3-5-13(6-12)7-16(2)9-14(8-15)10-17-11-14/h3-6H,7-11,15H2,1-2H3. The average Bonchev–Trinajstić information content (AvgIpc) is 2.23. The molecule has 3 nitrogen and oxygen atoms in total. The van der Waals surface area contributed by atoms with Crippen LogP contribution in [0.2, 0.25) is 0 Å². The van der Waals surface area contributed by atoms with Gasteiger partial charge in [-0.1, -0.05) is 29.8 Å². The maximum absolute atomic E-state index is 5.83. The van der Waals surface area contributed by atoms with Crippen molar-refractivity contribution in [3.05, 3.63) is 35.4 Å². The molecule has 1 aromatic rings. The van der Waals surface area contributed by atoms with Crippen molar-refractivity contribution < 1.29 is 4.74 Å². The number of hydrogen-bond acceptors (Lipinski definition) is 3. The van der Waals surface area contributed by atoms with E-state index >= 15 is 0 Å². The molecule has 17 heavy (non-hydrogen) atoms. The highest BCUT2D eigenvalue weighted by atomic mass is 16.5. The minimum absolute atomic E-state index is 0.193. The fraction of sp³-hybridized carbons (Fsp3) is 0.571. The third kappa shape index (κ3) is 3.06. The molecule has 94 valence electrons. The van der Waals surface area contributed by atoms with Crippen molar-refractivity contribution >= 4 is 0 Å². The van der Waals surface area contributed by atoms with Crippen molar-refractivity contribution in [1.82, 2.24) is 4.90 Å². The Kier molecular flexibility index (Phi) is 3.82. The van der Waals surface area contributed by atoms with Gasteiger partial charge in [-0.05, 0) is 19.5 Å². The second-order valence-corrected chi connectivity index (χ2v) is 5.36. The van der Waals surface area contributed by atoms with Gasteiger partial charge in [0.2, 0.25) is 0 Å². The Bertz CT molecular complexity index is 369. The molecule has 1 aliphatic heterocycles. The average molecular weight is 234 g/mol. The van der Waals surface area contributed by atoms with E-state index in [1.54, 1.807) is 0 Å². The lowest BCUT2D eigenvalue weighted by molar-refractivity contribution is -0.118. The van der Waals surface area contributed by atoms with Crippen LogP contribution in [0.5, 0.6) is 0 Å². The molecule has 0 unspecified atom stereocenters. The Morgan fingerprint density at radius 3 is 2.71 bits per heavy atom. The Morgan fingerprint density at radius 1 is 1.41 bits per heavy atom. The maximum Gasteiger partial charge on any atom is 0.0569 e. The molecule has 0 aliphatic carbocycles. The van der Waals surface area contributed by atoms with Gasteiger partial charge in [0, 0.05) is 25.0 Å². The zero-order chi connectivity index (χ0) is 12.3. The van der Waals surface area contributed by atoms with Crippen LogP contribution in [0.1, 0.15) is 11.1 Å². The predicted molar refractivity (Wildman–Crippen MR) is 69.8 cm³/mol. The van der Waals surface area contributed by atoms with Gasteiger partial charge in [0.05, 0.1) is 13.2 Å². The first kappa shape index (κ1) is 12.6. The van der Waals surface area contributed by atoms with Crippen molar-refractivity contribution in [3.63, 3.8) is 0 Å². The highest BCUT2D eigenvalue weighted by Gasteiger charge is 2.38. The monoisotopic (exact) mass is 234 g/mol. The number of nitrogens with two attached hydrogens (primary N) is 1. The molecule has 1 aliphatic rings. The lowest BCUT2D eigenvalue weighted by Gasteiger charge is -2.43. The van der Waals surface area contributed by atoms with Gasteiger partial charge in [-0.25, -0.2) is 0 Å². The molecule has 0 aromatic heterocycles. The molecule has 1 saturated heterocycles. The van der Waals surface area contributed by atoms with Crippen LogP contribution in [0.4, 0.5) is 0 Å². The van der Waals surface area contributed by atoms with Gasteiger partial charge in [0.15, 0.2) is 0 Å². The lowest BCUT2D eigenvalue weighted by atomic mass is 9.85. The fourth-order valence-electron chi connectivity index (χ4n) is 2.42. The molecule has 1 heterocycles. The normalized spacial score (nSPS) is 18.1. The molecule has 0 radical (unpaired) electrons. The third-order valence-corrected chi connectivity index (χ3v) is 3.39. The van der Waals surface area contributed by atoms with E-state index in [1.165, 1.54) is 11.1 Å². The smallest absolute Gasteiger partial charge is 0.0569 e. The minimum Gasteiger partial charge on any atom is -0.380 e. The van der Waals surface area contributed by atoms with Gasteiger partial charge < -0.3 is 15.4 Å². The fourth-order valence-corrected chi connectivity index (χ4v) is 2.42. The summed E-state index contributed by atoms with van der Waals surface area (Å²) in [6.07, 6.45) is 0. The zero-order valence-corrected chi connectivity index (χ0v) is 10.8. The van der Waals surface area contributed by atoms with Gasteiger partial charge in [0.1, 0.15) is 0 Å². The second-order valence-electron chi connectivity index (χ2n) is 5.36. The van der Waals surface area contributed by atoms with Crippen molar-refractivity contribution in [2.24, 2.45) is 11.1 Å². The maximum atomic E-state index is 5.83. The highest BCUT2D eigenvalue weighted by Crippen LogP contribution is 2.27. The molecular weight excluding hydrogens is 212 g/mol. The predicted octanol–water partition coefficient (Wildman–Crippen LogP) is 1.40. The van der Waals surface area contributed by atoms with Crippen molar-refractivity contribution in [1.29, 1.82) is 0 Å². The summed E-state index contributed by atoms with van der Waals surface area (Å²) < 4.78 is 5.29. The van der Waals surface area contributed by atoms with Crippen molar-refractivity contribution in [3.8, 4) is 0 Å². The van der Waals surface area contributed by atoms with Gasteiger partial charge in [-0.3, -0.25) is 0 Å². The molecule has 0 bridgehead atoms. The first-order chi connectivity index (χ1) is 8.13. The van der Waals surface area contributed by atoms with E-state index in [2.05, 4.69) is 43.1 Å². The molecule has 0 amide bonds. The molecule has 0 saturated carbocycles. The minimum atomic E-state index is 0.193. The molecular formula is C14H22N2O. The number of rotatable bonds is 5. The molecule has 0 spiro atoms. The molecule has 3 heteroatoms. The van der Waals surface area contributed by atoms with Crippen LogP contribution in [0, 0.1) is 12.3 Å². The van der Waals surface area contributed by atoms with E-state index in [-0.39, 0.29) is 5.41 Å². The number of benzene rings is 1. The Balaban J connectivity index is 1.90. The van der Waals surface area contributed by atoms with E-state index in [9.17, 15) is 0 Å². The van der Waals surface area contributed by atoms with Crippen LogP contribution >= 0.6 is 0 Å². The number of ether oxygens (including phenoxy) is 1. The first-order valence-electron chi connectivity index (χ1n) is 6.15. The van der Waals surface area contributed by atoms with Crippen LogP contribution in [0.25, 0.3) is 0 Å². The summed E-state index contributed by atoms with van der Waals surface area (Å²) >= 11 is 0.